The van der Waals surface area contributed by atoms with Crippen LogP contribution in [0.15, 0.2) is 52.1 Å². The van der Waals surface area contributed by atoms with Gasteiger partial charge in [0.1, 0.15) is 12.4 Å². The lowest BCUT2D eigenvalue weighted by Crippen LogP contribution is -2.14. The van der Waals surface area contributed by atoms with E-state index in [2.05, 4.69) is 37.5 Å². The lowest BCUT2D eigenvalue weighted by atomic mass is 10.1. The van der Waals surface area contributed by atoms with Crippen LogP contribution in [0.4, 0.5) is 5.69 Å². The number of hydrogen-bond donors (Lipinski definition) is 1. The Balaban J connectivity index is 1.53. The number of anilines is 1. The number of hydrogen-bond acceptors (Lipinski definition) is 5. The Morgan fingerprint density at radius 1 is 1.14 bits per heavy atom. The minimum absolute atomic E-state index is 0.0781. The Labute approximate surface area is 176 Å². The normalized spacial score (nSPS) is 10.7. The summed E-state index contributed by atoms with van der Waals surface area (Å²) in [5.74, 6) is 1.63. The molecule has 0 unspecified atom stereocenters. The maximum Gasteiger partial charge on any atom is 0.234 e. The monoisotopic (exact) mass is 460 g/mol. The van der Waals surface area contributed by atoms with Crippen LogP contribution < -0.4 is 10.1 Å². The summed E-state index contributed by atoms with van der Waals surface area (Å²) in [6.45, 7) is 4.32. The van der Waals surface area contributed by atoms with E-state index in [1.54, 1.807) is 0 Å². The summed E-state index contributed by atoms with van der Waals surface area (Å²) in [6.07, 6.45) is 0. The molecule has 0 saturated heterocycles. The topological polar surface area (TPSA) is 69.0 Å². The molecule has 0 radical (unpaired) electrons. The fourth-order valence-corrected chi connectivity index (χ4v) is 3.64. The zero-order valence-electron chi connectivity index (χ0n) is 15.9. The third-order valence-electron chi connectivity index (χ3n) is 3.94. The number of nitrogens with zero attached hydrogens (tertiary/aromatic N) is 3. The molecule has 0 spiro atoms. The first-order valence-corrected chi connectivity index (χ1v) is 10.5. The smallest absolute Gasteiger partial charge is 0.234 e. The third kappa shape index (κ3) is 5.59. The van der Waals surface area contributed by atoms with E-state index >= 15 is 0 Å². The van der Waals surface area contributed by atoms with Gasteiger partial charge in [-0.1, -0.05) is 33.8 Å². The highest BCUT2D eigenvalue weighted by molar-refractivity contribution is 9.10. The molecule has 1 heterocycles. The molecule has 2 aromatic carbocycles. The van der Waals surface area contributed by atoms with Crippen molar-refractivity contribution in [2.45, 2.75) is 25.6 Å². The summed E-state index contributed by atoms with van der Waals surface area (Å²) in [6, 6.07) is 13.6. The van der Waals surface area contributed by atoms with Crippen molar-refractivity contribution in [3.05, 3.63) is 63.9 Å². The highest BCUT2D eigenvalue weighted by Crippen LogP contribution is 2.20. The SMILES string of the molecule is Cc1cc(C)cc(NC(=O)CSc2nnc(COc3ccc(Br)cc3)n2C)c1. The lowest BCUT2D eigenvalue weighted by molar-refractivity contribution is -0.113. The fraction of sp³-hybridized carbons (Fsp3) is 0.250. The summed E-state index contributed by atoms with van der Waals surface area (Å²) in [4.78, 5) is 12.2. The first-order valence-electron chi connectivity index (χ1n) is 8.68. The number of aryl methyl sites for hydroxylation is 2. The van der Waals surface area contributed by atoms with Gasteiger partial charge in [-0.15, -0.1) is 10.2 Å². The van der Waals surface area contributed by atoms with E-state index in [0.29, 0.717) is 17.6 Å². The molecular formula is C20H21BrN4O2S. The van der Waals surface area contributed by atoms with Crippen molar-refractivity contribution in [1.29, 1.82) is 0 Å². The van der Waals surface area contributed by atoms with Crippen molar-refractivity contribution in [2.75, 3.05) is 11.1 Å². The third-order valence-corrected chi connectivity index (χ3v) is 5.49. The summed E-state index contributed by atoms with van der Waals surface area (Å²) < 4.78 is 8.57. The zero-order chi connectivity index (χ0) is 20.1. The highest BCUT2D eigenvalue weighted by Gasteiger charge is 2.12. The molecule has 1 amide bonds. The molecule has 0 bridgehead atoms. The molecule has 1 aromatic heterocycles. The number of carbonyl (C=O) groups excluding carboxylic acids is 1. The van der Waals surface area contributed by atoms with Crippen LogP contribution in [0.2, 0.25) is 0 Å². The Hall–Kier alpha value is -2.32. The number of rotatable bonds is 7. The van der Waals surface area contributed by atoms with E-state index in [-0.39, 0.29) is 11.7 Å². The maximum absolute atomic E-state index is 12.2. The predicted molar refractivity (Wildman–Crippen MR) is 115 cm³/mol. The van der Waals surface area contributed by atoms with Crippen LogP contribution in [0.1, 0.15) is 17.0 Å². The molecule has 28 heavy (non-hydrogen) atoms. The van der Waals surface area contributed by atoms with E-state index in [4.69, 9.17) is 4.74 Å². The molecule has 0 saturated carbocycles. The van der Waals surface area contributed by atoms with Crippen LogP contribution in [0.3, 0.4) is 0 Å². The van der Waals surface area contributed by atoms with Gasteiger partial charge in [0, 0.05) is 17.2 Å². The Bertz CT molecular complexity index is 953. The Morgan fingerprint density at radius 2 is 1.82 bits per heavy atom. The van der Waals surface area contributed by atoms with Crippen molar-refractivity contribution in [3.8, 4) is 5.75 Å². The molecule has 6 nitrogen and oxygen atoms in total. The van der Waals surface area contributed by atoms with Crippen LogP contribution in [-0.4, -0.2) is 26.4 Å². The number of carbonyl (C=O) groups is 1. The average molecular weight is 461 g/mol. The summed E-state index contributed by atoms with van der Waals surface area (Å²) in [5, 5.41) is 11.9. The number of benzene rings is 2. The number of nitrogens with one attached hydrogen (secondary N) is 1. The molecule has 3 aromatic rings. The quantitative estimate of drug-likeness (QED) is 0.525. The van der Waals surface area contributed by atoms with Gasteiger partial charge in [-0.25, -0.2) is 0 Å². The molecule has 0 atom stereocenters. The minimum Gasteiger partial charge on any atom is -0.486 e. The second-order valence-corrected chi connectivity index (χ2v) is 8.27. The number of thioether (sulfide) groups is 1. The molecule has 1 N–H and O–H groups in total. The second-order valence-electron chi connectivity index (χ2n) is 6.41. The van der Waals surface area contributed by atoms with Crippen LogP contribution in [-0.2, 0) is 18.4 Å². The number of halogens is 1. The molecule has 0 aliphatic carbocycles. The largest absolute Gasteiger partial charge is 0.486 e. The number of aromatic nitrogens is 3. The first-order chi connectivity index (χ1) is 13.4. The molecule has 8 heteroatoms. The van der Waals surface area contributed by atoms with Gasteiger partial charge in [0.25, 0.3) is 0 Å². The zero-order valence-corrected chi connectivity index (χ0v) is 18.3. The van der Waals surface area contributed by atoms with E-state index in [9.17, 15) is 4.79 Å². The van der Waals surface area contributed by atoms with Crippen LogP contribution in [0.25, 0.3) is 0 Å². The van der Waals surface area contributed by atoms with E-state index in [1.807, 2.05) is 61.9 Å². The van der Waals surface area contributed by atoms with Gasteiger partial charge in [-0.3, -0.25) is 4.79 Å². The van der Waals surface area contributed by atoms with Gasteiger partial charge >= 0.3 is 0 Å². The Morgan fingerprint density at radius 3 is 2.50 bits per heavy atom. The second kappa shape index (κ2) is 9.25. The molecule has 0 aliphatic heterocycles. The van der Waals surface area contributed by atoms with Crippen molar-refractivity contribution >= 4 is 39.3 Å². The fourth-order valence-electron chi connectivity index (χ4n) is 2.65. The van der Waals surface area contributed by atoms with Gasteiger partial charge in [0.05, 0.1) is 5.75 Å². The molecule has 0 aliphatic rings. The van der Waals surface area contributed by atoms with Gasteiger partial charge in [0.15, 0.2) is 11.0 Å². The van der Waals surface area contributed by atoms with Gasteiger partial charge in [-0.2, -0.15) is 0 Å². The summed E-state index contributed by atoms with van der Waals surface area (Å²) in [7, 11) is 1.87. The molecular weight excluding hydrogens is 440 g/mol. The predicted octanol–water partition coefficient (Wildman–Crippen LogP) is 4.50. The van der Waals surface area contributed by atoms with Crippen LogP contribution in [0, 0.1) is 13.8 Å². The van der Waals surface area contributed by atoms with Crippen molar-refractivity contribution in [1.82, 2.24) is 14.8 Å². The van der Waals surface area contributed by atoms with Gasteiger partial charge in [0.2, 0.25) is 5.91 Å². The maximum atomic E-state index is 12.2. The molecule has 3 rings (SSSR count). The summed E-state index contributed by atoms with van der Waals surface area (Å²) in [5.41, 5.74) is 3.04. The van der Waals surface area contributed by atoms with Gasteiger partial charge < -0.3 is 14.6 Å². The van der Waals surface area contributed by atoms with Crippen molar-refractivity contribution in [2.24, 2.45) is 7.05 Å². The number of amides is 1. The Kier molecular flexibility index (Phi) is 6.74. The minimum atomic E-state index is -0.0781. The average Bonchev–Trinajstić information content (AvgIpc) is 2.98. The highest BCUT2D eigenvalue weighted by atomic mass is 79.9. The molecule has 0 fully saturated rings. The van der Waals surface area contributed by atoms with E-state index < -0.39 is 0 Å². The lowest BCUT2D eigenvalue weighted by Gasteiger charge is -2.08. The molecule has 146 valence electrons. The van der Waals surface area contributed by atoms with Crippen molar-refractivity contribution in [3.63, 3.8) is 0 Å². The number of ether oxygens (including phenoxy) is 1. The van der Waals surface area contributed by atoms with Crippen LogP contribution >= 0.6 is 27.7 Å². The van der Waals surface area contributed by atoms with Crippen LogP contribution in [0.5, 0.6) is 5.75 Å². The summed E-state index contributed by atoms with van der Waals surface area (Å²) >= 11 is 4.74. The van der Waals surface area contributed by atoms with E-state index in [1.165, 1.54) is 11.8 Å². The van der Waals surface area contributed by atoms with Gasteiger partial charge in [-0.05, 0) is 61.4 Å². The first kappa shape index (κ1) is 20.4. The van der Waals surface area contributed by atoms with E-state index in [0.717, 1.165) is 27.0 Å². The standard InChI is InChI=1S/C20H21BrN4O2S/c1-13-8-14(2)10-16(9-13)22-19(26)12-28-20-24-23-18(25(20)3)11-27-17-6-4-15(21)5-7-17/h4-10H,11-12H2,1-3H3,(H,22,26). The van der Waals surface area contributed by atoms with Crippen molar-refractivity contribution < 1.29 is 9.53 Å².